The molecule has 0 unspecified atom stereocenters. The molecule has 0 atom stereocenters. The number of ether oxygens (including phenoxy) is 1. The van der Waals surface area contributed by atoms with Gasteiger partial charge in [-0.3, -0.25) is 4.79 Å². The standard InChI is InChI=1S/C12H22N2O2/c1-14(7-8-16-9-10-3-4-10)11(15)12(13)5-2-6-12/h10H,2-9,13H2,1H3. The summed E-state index contributed by atoms with van der Waals surface area (Å²) >= 11 is 0. The van der Waals surface area contributed by atoms with Crippen LogP contribution in [0.5, 0.6) is 0 Å². The summed E-state index contributed by atoms with van der Waals surface area (Å²) in [5.74, 6) is 0.863. The van der Waals surface area contributed by atoms with Crippen LogP contribution in [0.3, 0.4) is 0 Å². The van der Waals surface area contributed by atoms with Crippen LogP contribution in [-0.2, 0) is 9.53 Å². The van der Waals surface area contributed by atoms with E-state index in [1.54, 1.807) is 4.90 Å². The summed E-state index contributed by atoms with van der Waals surface area (Å²) in [6.07, 6.45) is 5.35. The van der Waals surface area contributed by atoms with Gasteiger partial charge < -0.3 is 15.4 Å². The highest BCUT2D eigenvalue weighted by atomic mass is 16.5. The molecule has 4 heteroatoms. The maximum absolute atomic E-state index is 11.9. The minimum atomic E-state index is -0.564. The highest BCUT2D eigenvalue weighted by molar-refractivity contribution is 5.86. The van der Waals surface area contributed by atoms with Gasteiger partial charge >= 0.3 is 0 Å². The highest BCUT2D eigenvalue weighted by Gasteiger charge is 2.41. The molecule has 1 amide bonds. The van der Waals surface area contributed by atoms with Gasteiger partial charge in [0.05, 0.1) is 12.1 Å². The Bertz CT molecular complexity index is 260. The minimum Gasteiger partial charge on any atom is -0.379 e. The van der Waals surface area contributed by atoms with Crippen molar-refractivity contribution < 1.29 is 9.53 Å². The maximum Gasteiger partial charge on any atom is 0.242 e. The van der Waals surface area contributed by atoms with Crippen molar-refractivity contribution >= 4 is 5.91 Å². The summed E-state index contributed by atoms with van der Waals surface area (Å²) in [7, 11) is 1.82. The Morgan fingerprint density at radius 2 is 2.19 bits per heavy atom. The number of hydrogen-bond acceptors (Lipinski definition) is 3. The van der Waals surface area contributed by atoms with Gasteiger partial charge in [0.1, 0.15) is 0 Å². The third-order valence-electron chi connectivity index (χ3n) is 3.64. The van der Waals surface area contributed by atoms with Crippen molar-refractivity contribution in [1.82, 2.24) is 4.90 Å². The lowest BCUT2D eigenvalue weighted by Crippen LogP contribution is -2.59. The molecular weight excluding hydrogens is 204 g/mol. The Morgan fingerprint density at radius 3 is 2.69 bits per heavy atom. The number of likely N-dealkylation sites (N-methyl/N-ethyl adjacent to an activating group) is 1. The predicted octanol–water partition coefficient (Wildman–Crippen LogP) is 0.753. The zero-order valence-corrected chi connectivity index (χ0v) is 10.1. The summed E-state index contributed by atoms with van der Waals surface area (Å²) in [4.78, 5) is 13.6. The zero-order valence-electron chi connectivity index (χ0n) is 10.1. The van der Waals surface area contributed by atoms with Crippen molar-refractivity contribution in [2.24, 2.45) is 11.7 Å². The lowest BCUT2D eigenvalue weighted by Gasteiger charge is -2.39. The SMILES string of the molecule is CN(CCOCC1CC1)C(=O)C1(N)CCC1. The monoisotopic (exact) mass is 226 g/mol. The number of hydrogen-bond donors (Lipinski definition) is 1. The van der Waals surface area contributed by atoms with Gasteiger partial charge in [0.2, 0.25) is 5.91 Å². The molecule has 2 saturated carbocycles. The Balaban J connectivity index is 1.62. The Kier molecular flexibility index (Phi) is 3.50. The van der Waals surface area contributed by atoms with Crippen LogP contribution in [0.1, 0.15) is 32.1 Å². The number of nitrogens with zero attached hydrogens (tertiary/aromatic N) is 1. The summed E-state index contributed by atoms with van der Waals surface area (Å²) in [5.41, 5.74) is 5.41. The van der Waals surface area contributed by atoms with Crippen LogP contribution in [0.15, 0.2) is 0 Å². The van der Waals surface area contributed by atoms with E-state index in [-0.39, 0.29) is 5.91 Å². The van der Waals surface area contributed by atoms with E-state index in [2.05, 4.69) is 0 Å². The quantitative estimate of drug-likeness (QED) is 0.680. The predicted molar refractivity (Wildman–Crippen MR) is 61.9 cm³/mol. The molecule has 0 aromatic heterocycles. The molecule has 16 heavy (non-hydrogen) atoms. The van der Waals surface area contributed by atoms with Crippen molar-refractivity contribution in [3.05, 3.63) is 0 Å². The van der Waals surface area contributed by atoms with Crippen LogP contribution in [0.2, 0.25) is 0 Å². The molecule has 0 aliphatic heterocycles. The van der Waals surface area contributed by atoms with Crippen LogP contribution >= 0.6 is 0 Å². The van der Waals surface area contributed by atoms with Gasteiger partial charge in [-0.1, -0.05) is 0 Å². The number of nitrogens with two attached hydrogens (primary N) is 1. The topological polar surface area (TPSA) is 55.6 Å². The lowest BCUT2D eigenvalue weighted by atomic mass is 9.77. The van der Waals surface area contributed by atoms with Crippen molar-refractivity contribution in [3.8, 4) is 0 Å². The van der Waals surface area contributed by atoms with Crippen molar-refractivity contribution in [2.45, 2.75) is 37.6 Å². The molecule has 2 N–H and O–H groups in total. The first-order chi connectivity index (χ1) is 7.62. The van der Waals surface area contributed by atoms with Gasteiger partial charge in [-0.05, 0) is 38.0 Å². The second-order valence-corrected chi connectivity index (χ2v) is 5.25. The third-order valence-corrected chi connectivity index (χ3v) is 3.64. The molecule has 0 heterocycles. The van der Waals surface area contributed by atoms with Gasteiger partial charge in [0, 0.05) is 20.2 Å². The van der Waals surface area contributed by atoms with Gasteiger partial charge in [0.15, 0.2) is 0 Å². The number of rotatable bonds is 6. The van der Waals surface area contributed by atoms with Gasteiger partial charge in [0.25, 0.3) is 0 Å². The third kappa shape index (κ3) is 2.74. The molecular formula is C12H22N2O2. The summed E-state index contributed by atoms with van der Waals surface area (Å²) in [5, 5.41) is 0. The fourth-order valence-corrected chi connectivity index (χ4v) is 1.99. The molecule has 2 aliphatic rings. The average molecular weight is 226 g/mol. The fraction of sp³-hybridized carbons (Fsp3) is 0.917. The molecule has 2 aliphatic carbocycles. The average Bonchev–Trinajstić information content (AvgIpc) is 3.03. The molecule has 2 rings (SSSR count). The van der Waals surface area contributed by atoms with E-state index >= 15 is 0 Å². The van der Waals surface area contributed by atoms with Crippen molar-refractivity contribution in [3.63, 3.8) is 0 Å². The summed E-state index contributed by atoms with van der Waals surface area (Å²) in [6, 6.07) is 0. The molecule has 0 spiro atoms. The first-order valence-electron chi connectivity index (χ1n) is 6.24. The largest absolute Gasteiger partial charge is 0.379 e. The van der Waals surface area contributed by atoms with Gasteiger partial charge in [-0.25, -0.2) is 0 Å². The first kappa shape index (κ1) is 11.9. The maximum atomic E-state index is 11.9. The molecule has 0 saturated heterocycles. The number of carbonyl (C=O) groups is 1. The zero-order chi connectivity index (χ0) is 11.6. The second kappa shape index (κ2) is 4.72. The van der Waals surface area contributed by atoms with E-state index < -0.39 is 5.54 Å². The normalized spacial score (nSPS) is 22.6. The fourth-order valence-electron chi connectivity index (χ4n) is 1.99. The van der Waals surface area contributed by atoms with E-state index in [1.807, 2.05) is 7.05 Å². The van der Waals surface area contributed by atoms with Crippen LogP contribution in [0.4, 0.5) is 0 Å². The molecule has 0 bridgehead atoms. The van der Waals surface area contributed by atoms with Crippen molar-refractivity contribution in [1.29, 1.82) is 0 Å². The van der Waals surface area contributed by atoms with Crippen LogP contribution in [0.25, 0.3) is 0 Å². The van der Waals surface area contributed by atoms with E-state index in [4.69, 9.17) is 10.5 Å². The van der Waals surface area contributed by atoms with E-state index in [9.17, 15) is 4.79 Å². The minimum absolute atomic E-state index is 0.0776. The van der Waals surface area contributed by atoms with E-state index in [0.717, 1.165) is 31.8 Å². The Labute approximate surface area is 97.1 Å². The molecule has 92 valence electrons. The molecule has 2 fully saturated rings. The molecule has 0 aromatic rings. The Morgan fingerprint density at radius 1 is 1.50 bits per heavy atom. The highest BCUT2D eigenvalue weighted by Crippen LogP contribution is 2.30. The number of carbonyl (C=O) groups excluding carboxylic acids is 1. The van der Waals surface area contributed by atoms with Crippen LogP contribution in [0, 0.1) is 5.92 Å². The smallest absolute Gasteiger partial charge is 0.242 e. The Hall–Kier alpha value is -0.610. The summed E-state index contributed by atoms with van der Waals surface area (Å²) in [6.45, 7) is 2.15. The first-order valence-corrected chi connectivity index (χ1v) is 6.24. The molecule has 0 radical (unpaired) electrons. The van der Waals surface area contributed by atoms with Crippen molar-refractivity contribution in [2.75, 3.05) is 26.8 Å². The van der Waals surface area contributed by atoms with E-state index in [1.165, 1.54) is 12.8 Å². The van der Waals surface area contributed by atoms with Crippen LogP contribution < -0.4 is 5.73 Å². The molecule has 4 nitrogen and oxygen atoms in total. The second-order valence-electron chi connectivity index (χ2n) is 5.25. The lowest BCUT2D eigenvalue weighted by molar-refractivity contribution is -0.139. The molecule has 0 aromatic carbocycles. The van der Waals surface area contributed by atoms with E-state index in [0.29, 0.717) is 13.2 Å². The van der Waals surface area contributed by atoms with Gasteiger partial charge in [-0.2, -0.15) is 0 Å². The van der Waals surface area contributed by atoms with Gasteiger partial charge in [-0.15, -0.1) is 0 Å². The van der Waals surface area contributed by atoms with Crippen LogP contribution in [-0.4, -0.2) is 43.2 Å². The summed E-state index contributed by atoms with van der Waals surface area (Å²) < 4.78 is 5.51. The number of amides is 1.